The second-order valence-corrected chi connectivity index (χ2v) is 5.72. The minimum absolute atomic E-state index is 0.0195. The van der Waals surface area contributed by atoms with Crippen LogP contribution in [-0.4, -0.2) is 36.6 Å². The van der Waals surface area contributed by atoms with Gasteiger partial charge < -0.3 is 4.74 Å². The van der Waals surface area contributed by atoms with Gasteiger partial charge in [0.25, 0.3) is 0 Å². The van der Waals surface area contributed by atoms with Crippen LogP contribution in [0.2, 0.25) is 0 Å². The van der Waals surface area contributed by atoms with Crippen LogP contribution >= 0.6 is 0 Å². The van der Waals surface area contributed by atoms with Gasteiger partial charge in [0.1, 0.15) is 6.10 Å². The molecule has 0 saturated carbocycles. The average molecular weight is 269 g/mol. The largest absolute Gasteiger partial charge is 0.461 e. The van der Waals surface area contributed by atoms with E-state index in [-0.39, 0.29) is 12.1 Å². The lowest BCUT2D eigenvalue weighted by Crippen LogP contribution is -2.25. The molecule has 3 nitrogen and oxygen atoms in total. The van der Waals surface area contributed by atoms with Gasteiger partial charge in [0.15, 0.2) is 0 Å². The quantitative estimate of drug-likeness (QED) is 0.447. The number of ether oxygens (including phenoxy) is 1. The van der Waals surface area contributed by atoms with Gasteiger partial charge in [0.05, 0.1) is 0 Å². The van der Waals surface area contributed by atoms with Crippen molar-refractivity contribution in [3.63, 3.8) is 0 Å². The Morgan fingerprint density at radius 1 is 1.11 bits per heavy atom. The third-order valence-electron chi connectivity index (χ3n) is 3.81. The Balaban J connectivity index is 2.00. The third-order valence-corrected chi connectivity index (χ3v) is 3.81. The zero-order valence-electron chi connectivity index (χ0n) is 12.8. The highest BCUT2D eigenvalue weighted by Crippen LogP contribution is 2.15. The van der Waals surface area contributed by atoms with Gasteiger partial charge in [0, 0.05) is 19.5 Å². The van der Waals surface area contributed by atoms with E-state index < -0.39 is 0 Å². The van der Waals surface area contributed by atoms with Crippen LogP contribution in [0.4, 0.5) is 0 Å². The van der Waals surface area contributed by atoms with E-state index in [0.29, 0.717) is 6.42 Å². The van der Waals surface area contributed by atoms with Crippen LogP contribution in [0.25, 0.3) is 0 Å². The first-order valence-electron chi connectivity index (χ1n) is 8.18. The van der Waals surface area contributed by atoms with Gasteiger partial charge in [-0.15, -0.1) is 0 Å². The predicted molar refractivity (Wildman–Crippen MR) is 79.2 cm³/mol. The summed E-state index contributed by atoms with van der Waals surface area (Å²) in [5.74, 6) is -0.0195. The number of unbranched alkanes of at least 4 members (excludes halogenated alkanes) is 5. The molecule has 1 atom stereocenters. The summed E-state index contributed by atoms with van der Waals surface area (Å²) < 4.78 is 5.46. The minimum Gasteiger partial charge on any atom is -0.461 e. The molecule has 1 aliphatic heterocycles. The van der Waals surface area contributed by atoms with Gasteiger partial charge in [-0.05, 0) is 25.8 Å². The van der Waals surface area contributed by atoms with Crippen molar-refractivity contribution in [3.8, 4) is 0 Å². The fraction of sp³-hybridized carbons (Fsp3) is 0.938. The highest BCUT2D eigenvalue weighted by Gasteiger charge is 2.24. The zero-order chi connectivity index (χ0) is 13.9. The summed E-state index contributed by atoms with van der Waals surface area (Å²) in [4.78, 5) is 13.9. The maximum Gasteiger partial charge on any atom is 0.306 e. The van der Waals surface area contributed by atoms with Crippen LogP contribution in [0.5, 0.6) is 0 Å². The van der Waals surface area contributed by atoms with E-state index >= 15 is 0 Å². The highest BCUT2D eigenvalue weighted by molar-refractivity contribution is 5.69. The molecule has 3 heteroatoms. The molecule has 1 unspecified atom stereocenters. The number of carbonyl (C=O) groups is 1. The molecule has 1 rings (SSSR count). The Morgan fingerprint density at radius 2 is 1.84 bits per heavy atom. The second kappa shape index (κ2) is 10.2. The molecule has 1 heterocycles. The Morgan fingerprint density at radius 3 is 2.58 bits per heavy atom. The SMILES string of the molecule is CCCCCCCCN1CCC(OC(=O)CCC)C1. The van der Waals surface area contributed by atoms with Crippen LogP contribution in [0.3, 0.4) is 0 Å². The number of nitrogens with zero attached hydrogens (tertiary/aromatic N) is 1. The summed E-state index contributed by atoms with van der Waals surface area (Å²) in [6.07, 6.45) is 10.7. The van der Waals surface area contributed by atoms with E-state index in [4.69, 9.17) is 4.74 Å². The maximum atomic E-state index is 11.4. The molecule has 0 amide bonds. The van der Waals surface area contributed by atoms with Crippen LogP contribution in [0.1, 0.15) is 71.6 Å². The number of likely N-dealkylation sites (tertiary alicyclic amines) is 1. The third kappa shape index (κ3) is 7.56. The van der Waals surface area contributed by atoms with E-state index in [2.05, 4.69) is 11.8 Å². The van der Waals surface area contributed by atoms with Crippen molar-refractivity contribution in [2.24, 2.45) is 0 Å². The van der Waals surface area contributed by atoms with Crippen molar-refractivity contribution in [2.45, 2.75) is 77.7 Å². The van der Waals surface area contributed by atoms with E-state index in [1.54, 1.807) is 0 Å². The standard InChI is InChI=1S/C16H31NO2/c1-3-5-6-7-8-9-12-17-13-11-15(14-17)19-16(18)10-4-2/h15H,3-14H2,1-2H3. The highest BCUT2D eigenvalue weighted by atomic mass is 16.5. The molecular formula is C16H31NO2. The van der Waals surface area contributed by atoms with E-state index in [1.807, 2.05) is 6.92 Å². The van der Waals surface area contributed by atoms with Gasteiger partial charge in [-0.25, -0.2) is 0 Å². The molecular weight excluding hydrogens is 238 g/mol. The summed E-state index contributed by atoms with van der Waals surface area (Å²) in [5.41, 5.74) is 0. The van der Waals surface area contributed by atoms with Crippen molar-refractivity contribution >= 4 is 5.97 Å². The van der Waals surface area contributed by atoms with Gasteiger partial charge in [-0.1, -0.05) is 46.0 Å². The monoisotopic (exact) mass is 269 g/mol. The van der Waals surface area contributed by atoms with Gasteiger partial charge >= 0.3 is 5.97 Å². The first kappa shape index (κ1) is 16.5. The van der Waals surface area contributed by atoms with E-state index in [0.717, 1.165) is 25.9 Å². The lowest BCUT2D eigenvalue weighted by molar-refractivity contribution is -0.148. The van der Waals surface area contributed by atoms with Crippen molar-refractivity contribution in [1.82, 2.24) is 4.90 Å². The Kier molecular flexibility index (Phi) is 8.89. The lowest BCUT2D eigenvalue weighted by Gasteiger charge is -2.16. The average Bonchev–Trinajstić information content (AvgIpc) is 2.81. The van der Waals surface area contributed by atoms with Crippen LogP contribution in [0.15, 0.2) is 0 Å². The molecule has 0 N–H and O–H groups in total. The summed E-state index contributed by atoms with van der Waals surface area (Å²) in [6, 6.07) is 0. The molecule has 0 aromatic rings. The van der Waals surface area contributed by atoms with Crippen molar-refractivity contribution in [3.05, 3.63) is 0 Å². The molecule has 0 aromatic heterocycles. The summed E-state index contributed by atoms with van der Waals surface area (Å²) >= 11 is 0. The number of rotatable bonds is 10. The molecule has 112 valence electrons. The van der Waals surface area contributed by atoms with Gasteiger partial charge in [0.2, 0.25) is 0 Å². The Bertz CT molecular complexity index is 243. The number of carbonyl (C=O) groups excluding carboxylic acids is 1. The van der Waals surface area contributed by atoms with Crippen molar-refractivity contribution in [1.29, 1.82) is 0 Å². The zero-order valence-corrected chi connectivity index (χ0v) is 12.8. The first-order valence-corrected chi connectivity index (χ1v) is 8.18. The Labute approximate surface area is 118 Å². The van der Waals surface area contributed by atoms with Crippen LogP contribution in [0, 0.1) is 0 Å². The summed E-state index contributed by atoms with van der Waals surface area (Å²) in [6.45, 7) is 7.49. The molecule has 19 heavy (non-hydrogen) atoms. The number of hydrogen-bond donors (Lipinski definition) is 0. The number of hydrogen-bond acceptors (Lipinski definition) is 3. The smallest absolute Gasteiger partial charge is 0.306 e. The maximum absolute atomic E-state index is 11.4. The second-order valence-electron chi connectivity index (χ2n) is 5.72. The van der Waals surface area contributed by atoms with Crippen molar-refractivity contribution < 1.29 is 9.53 Å². The van der Waals surface area contributed by atoms with E-state index in [1.165, 1.54) is 45.1 Å². The predicted octanol–water partition coefficient (Wildman–Crippen LogP) is 3.76. The Hall–Kier alpha value is -0.570. The molecule has 0 spiro atoms. The topological polar surface area (TPSA) is 29.5 Å². The molecule has 0 aliphatic carbocycles. The molecule has 0 radical (unpaired) electrons. The minimum atomic E-state index is -0.0195. The van der Waals surface area contributed by atoms with Crippen molar-refractivity contribution in [2.75, 3.05) is 19.6 Å². The van der Waals surface area contributed by atoms with Crippen LogP contribution in [-0.2, 0) is 9.53 Å². The molecule has 1 fully saturated rings. The van der Waals surface area contributed by atoms with Gasteiger partial charge in [-0.3, -0.25) is 9.69 Å². The lowest BCUT2D eigenvalue weighted by atomic mass is 10.1. The molecule has 0 aromatic carbocycles. The molecule has 1 saturated heterocycles. The summed E-state index contributed by atoms with van der Waals surface area (Å²) in [5, 5.41) is 0. The fourth-order valence-electron chi connectivity index (χ4n) is 2.66. The van der Waals surface area contributed by atoms with Crippen LogP contribution < -0.4 is 0 Å². The van der Waals surface area contributed by atoms with Gasteiger partial charge in [-0.2, -0.15) is 0 Å². The molecule has 1 aliphatic rings. The van der Waals surface area contributed by atoms with E-state index in [9.17, 15) is 4.79 Å². The summed E-state index contributed by atoms with van der Waals surface area (Å²) in [7, 11) is 0. The molecule has 0 bridgehead atoms. The fourth-order valence-corrected chi connectivity index (χ4v) is 2.66. The number of esters is 1. The normalized spacial score (nSPS) is 19.8. The first-order chi connectivity index (χ1) is 9.26.